The molecule has 6 nitrogen and oxygen atoms in total. The van der Waals surface area contributed by atoms with Gasteiger partial charge in [0.1, 0.15) is 0 Å². The van der Waals surface area contributed by atoms with Crippen LogP contribution in [0.15, 0.2) is 16.1 Å². The smallest absolute Gasteiger partial charge is 0.226 e. The molecule has 0 fully saturated rings. The lowest BCUT2D eigenvalue weighted by atomic mass is 10.3. The van der Waals surface area contributed by atoms with Crippen molar-refractivity contribution in [2.75, 3.05) is 26.2 Å². The van der Waals surface area contributed by atoms with Crippen molar-refractivity contribution in [1.82, 2.24) is 15.5 Å². The van der Waals surface area contributed by atoms with Crippen LogP contribution in [0.5, 0.6) is 0 Å². The predicted octanol–water partition coefficient (Wildman–Crippen LogP) is -0.111. The van der Waals surface area contributed by atoms with E-state index >= 15 is 0 Å². The summed E-state index contributed by atoms with van der Waals surface area (Å²) in [6, 6.07) is 0. The molecule has 2 N–H and O–H groups in total. The van der Waals surface area contributed by atoms with Crippen LogP contribution in [0.4, 0.5) is 0 Å². The third kappa shape index (κ3) is 3.25. The highest BCUT2D eigenvalue weighted by molar-refractivity contribution is 8.16. The molecule has 18 heavy (non-hydrogen) atoms. The van der Waals surface area contributed by atoms with Gasteiger partial charge in [0, 0.05) is 32.3 Å². The van der Waals surface area contributed by atoms with Crippen molar-refractivity contribution in [1.29, 1.82) is 0 Å². The van der Waals surface area contributed by atoms with Crippen molar-refractivity contribution in [3.63, 3.8) is 0 Å². The maximum absolute atomic E-state index is 11.7. The highest BCUT2D eigenvalue weighted by atomic mass is 32.2. The molecule has 98 valence electrons. The van der Waals surface area contributed by atoms with Gasteiger partial charge in [-0.2, -0.15) is 0 Å². The summed E-state index contributed by atoms with van der Waals surface area (Å²) >= 11 is 1.57. The van der Waals surface area contributed by atoms with E-state index in [2.05, 4.69) is 20.5 Å². The number of amidine groups is 1. The Balaban J connectivity index is 1.69. The molecule has 0 aromatic heterocycles. The van der Waals surface area contributed by atoms with E-state index in [1.807, 2.05) is 5.41 Å². The first kappa shape index (κ1) is 12.9. The second-order valence-electron chi connectivity index (χ2n) is 4.05. The first-order valence-corrected chi connectivity index (χ1v) is 6.73. The molecule has 2 rings (SSSR count). The van der Waals surface area contributed by atoms with Gasteiger partial charge in [-0.1, -0.05) is 11.8 Å². The molecule has 0 atom stereocenters. The number of thioether (sulfide) groups is 1. The number of fused-ring (bicyclic) bond motifs is 1. The van der Waals surface area contributed by atoms with Gasteiger partial charge in [0.05, 0.1) is 13.0 Å². The van der Waals surface area contributed by atoms with Crippen molar-refractivity contribution < 1.29 is 9.59 Å². The van der Waals surface area contributed by atoms with Crippen LogP contribution in [0.1, 0.15) is 13.3 Å². The lowest BCUT2D eigenvalue weighted by Crippen LogP contribution is -2.34. The van der Waals surface area contributed by atoms with Crippen LogP contribution in [0, 0.1) is 0 Å². The Hall–Kier alpha value is -1.50. The Morgan fingerprint density at radius 3 is 3.00 bits per heavy atom. The van der Waals surface area contributed by atoms with Gasteiger partial charge in [0.15, 0.2) is 5.17 Å². The first-order valence-electron chi connectivity index (χ1n) is 5.85. The van der Waals surface area contributed by atoms with Gasteiger partial charge in [0.2, 0.25) is 11.8 Å². The maximum Gasteiger partial charge on any atom is 0.226 e. The third-order valence-electron chi connectivity index (χ3n) is 2.61. The number of rotatable bonds is 5. The van der Waals surface area contributed by atoms with Crippen molar-refractivity contribution in [3.05, 3.63) is 11.1 Å². The first-order chi connectivity index (χ1) is 8.66. The van der Waals surface area contributed by atoms with E-state index < -0.39 is 0 Å². The minimum Gasteiger partial charge on any atom is -0.355 e. The molecule has 0 unspecified atom stereocenters. The highest BCUT2D eigenvalue weighted by Gasteiger charge is 2.27. The summed E-state index contributed by atoms with van der Waals surface area (Å²) in [4.78, 5) is 28.7. The number of hydrogen-bond donors (Lipinski definition) is 2. The van der Waals surface area contributed by atoms with Gasteiger partial charge < -0.3 is 15.5 Å². The summed E-state index contributed by atoms with van der Waals surface area (Å²) in [6.45, 7) is 4.05. The monoisotopic (exact) mass is 268 g/mol. The molecule has 0 radical (unpaired) electrons. The van der Waals surface area contributed by atoms with E-state index in [0.29, 0.717) is 19.5 Å². The van der Waals surface area contributed by atoms with E-state index in [-0.39, 0.29) is 11.8 Å². The molecule has 2 heterocycles. The second-order valence-corrected chi connectivity index (χ2v) is 4.89. The van der Waals surface area contributed by atoms with E-state index in [4.69, 9.17) is 0 Å². The zero-order valence-electron chi connectivity index (χ0n) is 10.2. The lowest BCUT2D eigenvalue weighted by molar-refractivity contribution is -0.121. The van der Waals surface area contributed by atoms with Crippen LogP contribution < -0.4 is 10.6 Å². The fourth-order valence-corrected chi connectivity index (χ4v) is 2.74. The maximum atomic E-state index is 11.7. The number of hydrogen-bond acceptors (Lipinski definition) is 5. The van der Waals surface area contributed by atoms with Crippen LogP contribution in [0.25, 0.3) is 0 Å². The fourth-order valence-electron chi connectivity index (χ4n) is 1.78. The van der Waals surface area contributed by atoms with E-state index in [1.54, 1.807) is 11.8 Å². The number of carbonyl (C=O) groups excluding carboxylic acids is 2. The van der Waals surface area contributed by atoms with Crippen LogP contribution in [0.3, 0.4) is 0 Å². The van der Waals surface area contributed by atoms with Crippen molar-refractivity contribution in [3.8, 4) is 0 Å². The van der Waals surface area contributed by atoms with Crippen LogP contribution in [0.2, 0.25) is 0 Å². The Kier molecular flexibility index (Phi) is 4.24. The summed E-state index contributed by atoms with van der Waals surface area (Å²) in [7, 11) is 0. The molecule has 2 aliphatic heterocycles. The number of nitrogens with zero attached hydrogens (tertiary/aromatic N) is 2. The molecular weight excluding hydrogens is 252 g/mol. The Labute approximate surface area is 110 Å². The van der Waals surface area contributed by atoms with Crippen molar-refractivity contribution >= 4 is 28.7 Å². The minimum absolute atomic E-state index is 0.0275. The predicted molar refractivity (Wildman–Crippen MR) is 71.0 cm³/mol. The average molecular weight is 268 g/mol. The molecule has 0 aromatic carbocycles. The summed E-state index contributed by atoms with van der Waals surface area (Å²) in [5.74, 6) is -0.113. The molecule has 7 heteroatoms. The molecule has 0 aromatic rings. The van der Waals surface area contributed by atoms with Gasteiger partial charge in [-0.25, -0.2) is 0 Å². The molecule has 0 saturated heterocycles. The van der Waals surface area contributed by atoms with E-state index in [9.17, 15) is 9.59 Å². The average Bonchev–Trinajstić information content (AvgIpc) is 2.89. The SMILES string of the molecule is CC(=O)NCCNC(=O)CC1=CSC2=NCCN12. The van der Waals surface area contributed by atoms with Crippen molar-refractivity contribution in [2.45, 2.75) is 13.3 Å². The standard InChI is InChI=1S/C11H16N4O2S/c1-8(16)12-2-3-13-10(17)6-9-7-18-11-14-4-5-15(9)11/h7H,2-6H2,1H3,(H,12,16)(H,13,17). The Morgan fingerprint density at radius 1 is 1.44 bits per heavy atom. The van der Waals surface area contributed by atoms with Gasteiger partial charge in [-0.15, -0.1) is 0 Å². The quantitative estimate of drug-likeness (QED) is 0.682. The molecule has 0 spiro atoms. The normalized spacial score (nSPS) is 17.1. The van der Waals surface area contributed by atoms with Gasteiger partial charge in [-0.05, 0) is 5.41 Å². The summed E-state index contributed by atoms with van der Waals surface area (Å²) in [5.41, 5.74) is 1.01. The summed E-state index contributed by atoms with van der Waals surface area (Å²) in [6.07, 6.45) is 0.367. The molecular formula is C11H16N4O2S. The number of amides is 2. The lowest BCUT2D eigenvalue weighted by Gasteiger charge is -2.16. The Morgan fingerprint density at radius 2 is 2.22 bits per heavy atom. The number of aliphatic imine (C=N–C) groups is 1. The van der Waals surface area contributed by atoms with E-state index in [1.165, 1.54) is 6.92 Å². The number of carbonyl (C=O) groups is 2. The molecule has 0 bridgehead atoms. The summed E-state index contributed by atoms with van der Waals surface area (Å²) in [5, 5.41) is 8.38. The van der Waals surface area contributed by atoms with Crippen molar-refractivity contribution in [2.24, 2.45) is 4.99 Å². The minimum atomic E-state index is -0.0860. The van der Waals surface area contributed by atoms with Crippen LogP contribution in [-0.2, 0) is 9.59 Å². The molecule has 2 aliphatic rings. The zero-order chi connectivity index (χ0) is 13.0. The highest BCUT2D eigenvalue weighted by Crippen LogP contribution is 2.30. The number of nitrogens with one attached hydrogen (secondary N) is 2. The van der Waals surface area contributed by atoms with Crippen LogP contribution >= 0.6 is 11.8 Å². The summed E-state index contributed by atoms with van der Waals surface area (Å²) < 4.78 is 0. The molecule has 0 aliphatic carbocycles. The molecule has 2 amide bonds. The van der Waals surface area contributed by atoms with Gasteiger partial charge >= 0.3 is 0 Å². The van der Waals surface area contributed by atoms with Crippen LogP contribution in [-0.4, -0.2) is 48.1 Å². The topological polar surface area (TPSA) is 73.8 Å². The fraction of sp³-hybridized carbons (Fsp3) is 0.545. The van der Waals surface area contributed by atoms with Gasteiger partial charge in [0.25, 0.3) is 0 Å². The largest absolute Gasteiger partial charge is 0.355 e. The Bertz CT molecular complexity index is 419. The third-order valence-corrected chi connectivity index (χ3v) is 3.56. The second kappa shape index (κ2) is 5.90. The molecule has 0 saturated carbocycles. The van der Waals surface area contributed by atoms with E-state index in [0.717, 1.165) is 24.0 Å². The van der Waals surface area contributed by atoms with Gasteiger partial charge in [-0.3, -0.25) is 14.6 Å². The zero-order valence-corrected chi connectivity index (χ0v) is 11.0.